The first-order chi connectivity index (χ1) is 8.87. The summed E-state index contributed by atoms with van der Waals surface area (Å²) in [6, 6.07) is 10.8. The zero-order valence-electron chi connectivity index (χ0n) is 12.5. The Labute approximate surface area is 116 Å². The molecule has 0 unspecified atom stereocenters. The SMILES string of the molecule is C=C(C)Cn1c(CNC(C)(C)C)cc2ccccc21. The molecule has 1 aromatic carbocycles. The number of nitrogens with one attached hydrogen (secondary N) is 1. The summed E-state index contributed by atoms with van der Waals surface area (Å²) in [5.74, 6) is 0. The first-order valence-corrected chi connectivity index (χ1v) is 6.83. The van der Waals surface area contributed by atoms with E-state index in [4.69, 9.17) is 0 Å². The molecule has 0 saturated carbocycles. The van der Waals surface area contributed by atoms with E-state index in [1.54, 1.807) is 0 Å². The molecule has 0 spiro atoms. The number of hydrogen-bond donors (Lipinski definition) is 1. The largest absolute Gasteiger partial charge is 0.339 e. The number of rotatable bonds is 4. The standard InChI is InChI=1S/C17H24N2/c1-13(2)12-19-15(11-18-17(3,4)5)10-14-8-6-7-9-16(14)19/h6-10,18H,1,11-12H2,2-5H3. The van der Waals surface area contributed by atoms with Gasteiger partial charge in [-0.25, -0.2) is 0 Å². The third kappa shape index (κ3) is 3.48. The minimum Gasteiger partial charge on any atom is -0.339 e. The minimum absolute atomic E-state index is 0.129. The molecule has 0 aliphatic carbocycles. The summed E-state index contributed by atoms with van der Waals surface area (Å²) >= 11 is 0. The molecule has 2 heteroatoms. The van der Waals surface area contributed by atoms with Crippen molar-refractivity contribution in [3.8, 4) is 0 Å². The molecular formula is C17H24N2. The molecule has 2 nitrogen and oxygen atoms in total. The monoisotopic (exact) mass is 256 g/mol. The van der Waals surface area contributed by atoms with Gasteiger partial charge in [0.25, 0.3) is 0 Å². The van der Waals surface area contributed by atoms with E-state index < -0.39 is 0 Å². The second-order valence-electron chi connectivity index (χ2n) is 6.34. The molecule has 2 rings (SSSR count). The van der Waals surface area contributed by atoms with Crippen LogP contribution in [-0.2, 0) is 13.1 Å². The molecule has 0 aliphatic rings. The maximum atomic E-state index is 4.05. The van der Waals surface area contributed by atoms with Crippen LogP contribution >= 0.6 is 0 Å². The molecule has 1 heterocycles. The van der Waals surface area contributed by atoms with Gasteiger partial charge in [-0.2, -0.15) is 0 Å². The Morgan fingerprint density at radius 1 is 1.26 bits per heavy atom. The van der Waals surface area contributed by atoms with Crippen LogP contribution in [0, 0.1) is 0 Å². The van der Waals surface area contributed by atoms with Crippen LogP contribution < -0.4 is 5.32 Å². The maximum absolute atomic E-state index is 4.05. The van der Waals surface area contributed by atoms with Gasteiger partial charge in [-0.15, -0.1) is 0 Å². The Morgan fingerprint density at radius 2 is 1.95 bits per heavy atom. The van der Waals surface area contributed by atoms with Crippen LogP contribution in [0.25, 0.3) is 10.9 Å². The number of para-hydroxylation sites is 1. The Morgan fingerprint density at radius 3 is 2.58 bits per heavy atom. The van der Waals surface area contributed by atoms with E-state index in [0.717, 1.165) is 13.1 Å². The van der Waals surface area contributed by atoms with Crippen molar-refractivity contribution in [1.29, 1.82) is 0 Å². The summed E-state index contributed by atoms with van der Waals surface area (Å²) in [6.45, 7) is 14.5. The Hall–Kier alpha value is -1.54. The fraction of sp³-hybridized carbons (Fsp3) is 0.412. The summed E-state index contributed by atoms with van der Waals surface area (Å²) in [6.07, 6.45) is 0. The van der Waals surface area contributed by atoms with Crippen molar-refractivity contribution in [2.24, 2.45) is 0 Å². The first-order valence-electron chi connectivity index (χ1n) is 6.83. The van der Waals surface area contributed by atoms with E-state index in [9.17, 15) is 0 Å². The van der Waals surface area contributed by atoms with Gasteiger partial charge in [0.1, 0.15) is 0 Å². The lowest BCUT2D eigenvalue weighted by Gasteiger charge is -2.21. The van der Waals surface area contributed by atoms with E-state index in [2.05, 4.69) is 74.5 Å². The third-order valence-corrected chi connectivity index (χ3v) is 3.12. The first kappa shape index (κ1) is 13.9. The van der Waals surface area contributed by atoms with Crippen LogP contribution in [0.1, 0.15) is 33.4 Å². The Bertz CT molecular complexity index is 585. The Kier molecular flexibility index (Phi) is 3.81. The molecular weight excluding hydrogens is 232 g/mol. The van der Waals surface area contributed by atoms with Gasteiger partial charge in [-0.1, -0.05) is 30.4 Å². The third-order valence-electron chi connectivity index (χ3n) is 3.12. The van der Waals surface area contributed by atoms with E-state index >= 15 is 0 Å². The molecule has 0 saturated heterocycles. The van der Waals surface area contributed by atoms with Crippen LogP contribution in [0.2, 0.25) is 0 Å². The number of benzene rings is 1. The molecule has 1 N–H and O–H groups in total. The smallest absolute Gasteiger partial charge is 0.0485 e. The van der Waals surface area contributed by atoms with Crippen molar-refractivity contribution >= 4 is 10.9 Å². The van der Waals surface area contributed by atoms with Crippen LogP contribution in [-0.4, -0.2) is 10.1 Å². The van der Waals surface area contributed by atoms with Gasteiger partial charge in [-0.3, -0.25) is 0 Å². The lowest BCUT2D eigenvalue weighted by molar-refractivity contribution is 0.417. The lowest BCUT2D eigenvalue weighted by Crippen LogP contribution is -2.35. The predicted octanol–water partition coefficient (Wildman–Crippen LogP) is 4.11. The minimum atomic E-state index is 0.129. The van der Waals surface area contributed by atoms with Gasteiger partial charge in [0, 0.05) is 29.8 Å². The quantitative estimate of drug-likeness (QED) is 0.815. The zero-order chi connectivity index (χ0) is 14.0. The molecule has 2 aromatic rings. The normalized spacial score (nSPS) is 12.0. The molecule has 1 aromatic heterocycles. The van der Waals surface area contributed by atoms with Gasteiger partial charge in [0.2, 0.25) is 0 Å². The fourth-order valence-corrected chi connectivity index (χ4v) is 2.23. The fourth-order valence-electron chi connectivity index (χ4n) is 2.23. The highest BCUT2D eigenvalue weighted by Gasteiger charge is 2.12. The predicted molar refractivity (Wildman–Crippen MR) is 83.3 cm³/mol. The van der Waals surface area contributed by atoms with Crippen LogP contribution in [0.3, 0.4) is 0 Å². The van der Waals surface area contributed by atoms with Crippen molar-refractivity contribution in [2.75, 3.05) is 0 Å². The maximum Gasteiger partial charge on any atom is 0.0485 e. The van der Waals surface area contributed by atoms with Crippen LogP contribution in [0.5, 0.6) is 0 Å². The van der Waals surface area contributed by atoms with Gasteiger partial charge in [0.15, 0.2) is 0 Å². The highest BCUT2D eigenvalue weighted by molar-refractivity contribution is 5.81. The summed E-state index contributed by atoms with van der Waals surface area (Å²) in [5, 5.41) is 4.86. The molecule has 0 radical (unpaired) electrons. The summed E-state index contributed by atoms with van der Waals surface area (Å²) < 4.78 is 2.36. The number of hydrogen-bond acceptors (Lipinski definition) is 1. The van der Waals surface area contributed by atoms with Crippen LogP contribution in [0.15, 0.2) is 42.5 Å². The zero-order valence-corrected chi connectivity index (χ0v) is 12.5. The highest BCUT2D eigenvalue weighted by atomic mass is 15.0. The van der Waals surface area contributed by atoms with Gasteiger partial charge < -0.3 is 9.88 Å². The second kappa shape index (κ2) is 5.22. The van der Waals surface area contributed by atoms with E-state index in [1.807, 2.05) is 0 Å². The van der Waals surface area contributed by atoms with E-state index in [1.165, 1.54) is 22.2 Å². The van der Waals surface area contributed by atoms with Crippen molar-refractivity contribution in [1.82, 2.24) is 9.88 Å². The summed E-state index contributed by atoms with van der Waals surface area (Å²) in [4.78, 5) is 0. The number of allylic oxidation sites excluding steroid dienone is 1. The van der Waals surface area contributed by atoms with Crippen molar-refractivity contribution < 1.29 is 0 Å². The molecule has 19 heavy (non-hydrogen) atoms. The average molecular weight is 256 g/mol. The van der Waals surface area contributed by atoms with Gasteiger partial charge >= 0.3 is 0 Å². The summed E-state index contributed by atoms with van der Waals surface area (Å²) in [5.41, 5.74) is 3.92. The molecule has 0 aliphatic heterocycles. The number of nitrogens with zero attached hydrogens (tertiary/aromatic N) is 1. The Balaban J connectivity index is 2.38. The second-order valence-corrected chi connectivity index (χ2v) is 6.34. The molecule has 0 atom stereocenters. The van der Waals surface area contributed by atoms with E-state index in [-0.39, 0.29) is 5.54 Å². The van der Waals surface area contributed by atoms with E-state index in [0.29, 0.717) is 0 Å². The lowest BCUT2D eigenvalue weighted by atomic mass is 10.1. The summed E-state index contributed by atoms with van der Waals surface area (Å²) in [7, 11) is 0. The molecule has 0 bridgehead atoms. The molecule has 102 valence electrons. The van der Waals surface area contributed by atoms with Gasteiger partial charge in [0.05, 0.1) is 0 Å². The van der Waals surface area contributed by atoms with Crippen LogP contribution in [0.4, 0.5) is 0 Å². The number of aromatic nitrogens is 1. The van der Waals surface area contributed by atoms with Crippen molar-refractivity contribution in [3.63, 3.8) is 0 Å². The molecule has 0 amide bonds. The van der Waals surface area contributed by atoms with Gasteiger partial charge in [-0.05, 0) is 45.2 Å². The van der Waals surface area contributed by atoms with Crippen molar-refractivity contribution in [3.05, 3.63) is 48.2 Å². The number of fused-ring (bicyclic) bond motifs is 1. The average Bonchev–Trinajstić information content (AvgIpc) is 2.64. The highest BCUT2D eigenvalue weighted by Crippen LogP contribution is 2.21. The topological polar surface area (TPSA) is 17.0 Å². The molecule has 0 fully saturated rings. The van der Waals surface area contributed by atoms with Crippen molar-refractivity contribution in [2.45, 2.75) is 46.3 Å².